The van der Waals surface area contributed by atoms with Gasteiger partial charge < -0.3 is 10.0 Å². The summed E-state index contributed by atoms with van der Waals surface area (Å²) in [6, 6.07) is 12.1. The Morgan fingerprint density at radius 2 is 1.90 bits per heavy atom. The summed E-state index contributed by atoms with van der Waals surface area (Å²) < 4.78 is 0.564. The number of hydrogen-bond donors (Lipinski definition) is 1. The molecule has 0 aromatic heterocycles. The summed E-state index contributed by atoms with van der Waals surface area (Å²) in [5.74, 6) is -0.0986. The van der Waals surface area contributed by atoms with Crippen molar-refractivity contribution >= 4 is 33.4 Å². The Kier molecular flexibility index (Phi) is 4.68. The number of halogens is 2. The van der Waals surface area contributed by atoms with Crippen molar-refractivity contribution in [3.63, 3.8) is 0 Å². The summed E-state index contributed by atoms with van der Waals surface area (Å²) in [4.78, 5) is 13.8. The fourth-order valence-corrected chi connectivity index (χ4v) is 2.17. The van der Waals surface area contributed by atoms with Crippen LogP contribution in [0.3, 0.4) is 0 Å². The van der Waals surface area contributed by atoms with E-state index in [2.05, 4.69) is 15.9 Å². The van der Waals surface area contributed by atoms with Crippen LogP contribution in [0.4, 0.5) is 0 Å². The van der Waals surface area contributed by atoms with Gasteiger partial charge in [-0.2, -0.15) is 0 Å². The molecule has 5 heteroatoms. The number of nitrogens with zero attached hydrogens (tertiary/aromatic N) is 1. The Bertz CT molecular complexity index is 628. The van der Waals surface area contributed by atoms with E-state index in [1.807, 2.05) is 12.1 Å². The Labute approximate surface area is 130 Å². The summed E-state index contributed by atoms with van der Waals surface area (Å²) in [6.07, 6.45) is 0. The maximum absolute atomic E-state index is 12.3. The molecule has 2 rings (SSSR count). The van der Waals surface area contributed by atoms with Gasteiger partial charge in [-0.25, -0.2) is 0 Å². The predicted molar refractivity (Wildman–Crippen MR) is 83.1 cm³/mol. The number of amides is 1. The molecule has 0 saturated heterocycles. The molecule has 0 bridgehead atoms. The van der Waals surface area contributed by atoms with Crippen LogP contribution in [0.2, 0.25) is 5.02 Å². The quantitative estimate of drug-likeness (QED) is 0.902. The number of carbonyl (C=O) groups excluding carboxylic acids is 1. The first kappa shape index (κ1) is 14.9. The molecule has 20 heavy (non-hydrogen) atoms. The van der Waals surface area contributed by atoms with Gasteiger partial charge in [0.05, 0.1) is 4.47 Å². The lowest BCUT2D eigenvalue weighted by Crippen LogP contribution is -2.26. The molecular formula is C15H13BrClNO2. The fourth-order valence-electron chi connectivity index (χ4n) is 1.80. The first-order valence-corrected chi connectivity index (χ1v) is 7.13. The van der Waals surface area contributed by atoms with Crippen molar-refractivity contribution in [1.82, 2.24) is 4.90 Å². The molecule has 104 valence electrons. The molecule has 0 saturated carbocycles. The Morgan fingerprint density at radius 3 is 2.50 bits per heavy atom. The van der Waals surface area contributed by atoms with Crippen molar-refractivity contribution in [3.05, 3.63) is 63.1 Å². The number of rotatable bonds is 3. The molecule has 0 aliphatic rings. The van der Waals surface area contributed by atoms with Crippen LogP contribution >= 0.6 is 27.5 Å². The lowest BCUT2D eigenvalue weighted by atomic mass is 10.1. The van der Waals surface area contributed by atoms with E-state index in [-0.39, 0.29) is 11.7 Å². The second-order valence-corrected chi connectivity index (χ2v) is 5.74. The summed E-state index contributed by atoms with van der Waals surface area (Å²) in [5.41, 5.74) is 1.44. The van der Waals surface area contributed by atoms with Crippen molar-refractivity contribution in [1.29, 1.82) is 0 Å². The van der Waals surface area contributed by atoms with Crippen LogP contribution in [0.25, 0.3) is 0 Å². The molecule has 0 aliphatic heterocycles. The minimum atomic E-state index is -0.150. The molecule has 0 unspecified atom stereocenters. The van der Waals surface area contributed by atoms with E-state index in [4.69, 9.17) is 11.6 Å². The Morgan fingerprint density at radius 1 is 1.25 bits per heavy atom. The minimum Gasteiger partial charge on any atom is -0.507 e. The zero-order chi connectivity index (χ0) is 14.7. The van der Waals surface area contributed by atoms with Crippen molar-refractivity contribution in [3.8, 4) is 5.75 Å². The molecule has 0 spiro atoms. The maximum Gasteiger partial charge on any atom is 0.254 e. The van der Waals surface area contributed by atoms with Gasteiger partial charge in [-0.15, -0.1) is 0 Å². The van der Waals surface area contributed by atoms with Gasteiger partial charge in [0.2, 0.25) is 0 Å². The van der Waals surface area contributed by atoms with Crippen molar-refractivity contribution in [2.24, 2.45) is 0 Å². The molecule has 1 N–H and O–H groups in total. The Hall–Kier alpha value is -1.52. The fraction of sp³-hybridized carbons (Fsp3) is 0.133. The van der Waals surface area contributed by atoms with E-state index in [1.54, 1.807) is 36.2 Å². The molecule has 0 fully saturated rings. The minimum absolute atomic E-state index is 0.0516. The van der Waals surface area contributed by atoms with E-state index in [1.165, 1.54) is 6.07 Å². The molecule has 2 aromatic rings. The van der Waals surface area contributed by atoms with Crippen LogP contribution in [0.5, 0.6) is 5.75 Å². The normalized spacial score (nSPS) is 10.3. The summed E-state index contributed by atoms with van der Waals surface area (Å²) in [7, 11) is 1.72. The van der Waals surface area contributed by atoms with Gasteiger partial charge in [0.15, 0.2) is 0 Å². The van der Waals surface area contributed by atoms with E-state index < -0.39 is 0 Å². The smallest absolute Gasteiger partial charge is 0.254 e. The van der Waals surface area contributed by atoms with Crippen LogP contribution in [-0.2, 0) is 6.54 Å². The second kappa shape index (κ2) is 6.29. The Balaban J connectivity index is 2.11. The van der Waals surface area contributed by atoms with Crippen LogP contribution in [0, 0.1) is 0 Å². The van der Waals surface area contributed by atoms with Crippen LogP contribution in [0.15, 0.2) is 46.9 Å². The van der Waals surface area contributed by atoms with Crippen molar-refractivity contribution in [2.45, 2.75) is 6.54 Å². The maximum atomic E-state index is 12.3. The zero-order valence-corrected chi connectivity index (χ0v) is 13.1. The highest BCUT2D eigenvalue weighted by Gasteiger charge is 2.13. The third-order valence-electron chi connectivity index (χ3n) is 2.87. The number of hydrogen-bond acceptors (Lipinski definition) is 2. The van der Waals surface area contributed by atoms with Crippen LogP contribution in [0.1, 0.15) is 15.9 Å². The topological polar surface area (TPSA) is 40.5 Å². The van der Waals surface area contributed by atoms with E-state index in [0.29, 0.717) is 21.6 Å². The summed E-state index contributed by atoms with van der Waals surface area (Å²) in [6.45, 7) is 0.479. The number of aromatic hydroxyl groups is 1. The molecule has 0 aliphatic carbocycles. The van der Waals surface area contributed by atoms with E-state index >= 15 is 0 Å². The number of benzene rings is 2. The van der Waals surface area contributed by atoms with Gasteiger partial charge in [0, 0.05) is 24.2 Å². The van der Waals surface area contributed by atoms with Gasteiger partial charge in [-0.1, -0.05) is 23.7 Å². The largest absolute Gasteiger partial charge is 0.507 e. The van der Waals surface area contributed by atoms with Crippen LogP contribution in [-0.4, -0.2) is 23.0 Å². The van der Waals surface area contributed by atoms with E-state index in [9.17, 15) is 9.90 Å². The zero-order valence-electron chi connectivity index (χ0n) is 10.8. The van der Waals surface area contributed by atoms with Crippen LogP contribution < -0.4 is 0 Å². The molecule has 0 heterocycles. The third kappa shape index (κ3) is 3.52. The van der Waals surface area contributed by atoms with Crippen molar-refractivity contribution < 1.29 is 9.90 Å². The number of carbonyl (C=O) groups is 1. The lowest BCUT2D eigenvalue weighted by Gasteiger charge is -2.17. The number of phenols is 1. The highest BCUT2D eigenvalue weighted by molar-refractivity contribution is 9.10. The standard InChI is InChI=1S/C15H13BrClNO2/c1-18(9-10-2-5-12(17)6-3-10)15(20)11-4-7-13(16)14(19)8-11/h2-8,19H,9H2,1H3. The molecular weight excluding hydrogens is 342 g/mol. The van der Waals surface area contributed by atoms with Gasteiger partial charge in [-0.05, 0) is 51.8 Å². The average Bonchev–Trinajstić information content (AvgIpc) is 2.43. The lowest BCUT2D eigenvalue weighted by molar-refractivity contribution is 0.0784. The molecule has 2 aromatic carbocycles. The van der Waals surface area contributed by atoms with Gasteiger partial charge in [-0.3, -0.25) is 4.79 Å². The van der Waals surface area contributed by atoms with E-state index in [0.717, 1.165) is 5.56 Å². The monoisotopic (exact) mass is 353 g/mol. The molecule has 0 atom stereocenters. The SMILES string of the molecule is CN(Cc1ccc(Cl)cc1)C(=O)c1ccc(Br)c(O)c1. The predicted octanol–water partition coefficient (Wildman–Crippen LogP) is 4.08. The summed E-state index contributed by atoms with van der Waals surface area (Å²) in [5, 5.41) is 10.3. The molecule has 0 radical (unpaired) electrons. The average molecular weight is 355 g/mol. The third-order valence-corrected chi connectivity index (χ3v) is 3.80. The van der Waals surface area contributed by atoms with Gasteiger partial charge >= 0.3 is 0 Å². The highest BCUT2D eigenvalue weighted by Crippen LogP contribution is 2.25. The second-order valence-electron chi connectivity index (χ2n) is 4.45. The first-order valence-electron chi connectivity index (χ1n) is 5.96. The summed E-state index contributed by atoms with van der Waals surface area (Å²) >= 11 is 9.01. The number of phenolic OH excluding ortho intramolecular Hbond substituents is 1. The highest BCUT2D eigenvalue weighted by atomic mass is 79.9. The molecule has 3 nitrogen and oxygen atoms in total. The first-order chi connectivity index (χ1) is 9.47. The van der Waals surface area contributed by atoms with Crippen molar-refractivity contribution in [2.75, 3.05) is 7.05 Å². The van der Waals surface area contributed by atoms with Gasteiger partial charge in [0.1, 0.15) is 5.75 Å². The van der Waals surface area contributed by atoms with Gasteiger partial charge in [0.25, 0.3) is 5.91 Å². The molecule has 1 amide bonds.